The molecule has 3 rings (SSSR count). The Morgan fingerprint density at radius 3 is 2.64 bits per heavy atom. The van der Waals surface area contributed by atoms with Crippen LogP contribution < -0.4 is 10.1 Å². The average Bonchev–Trinajstić information content (AvgIpc) is 3.15. The third-order valence-electron chi connectivity index (χ3n) is 3.86. The minimum atomic E-state index is -0.475. The highest BCUT2D eigenvalue weighted by Gasteiger charge is 2.12. The molecule has 0 atom stereocenters. The summed E-state index contributed by atoms with van der Waals surface area (Å²) < 4.78 is 5.39. The molecule has 3 aromatic rings. The zero-order valence-corrected chi connectivity index (χ0v) is 16.2. The quantitative estimate of drug-likeness (QED) is 0.470. The Labute approximate surface area is 167 Å². The van der Waals surface area contributed by atoms with Crippen LogP contribution >= 0.6 is 11.3 Å². The fraction of sp³-hybridized carbons (Fsp3) is 0.136. The molecule has 0 saturated carbocycles. The minimum Gasteiger partial charge on any atom is -0.494 e. The number of hydrogen-bond acceptors (Lipinski definition) is 5. The summed E-state index contributed by atoms with van der Waals surface area (Å²) in [6, 6.07) is 19.2. The van der Waals surface area contributed by atoms with Crippen LogP contribution in [0.1, 0.15) is 22.9 Å². The van der Waals surface area contributed by atoms with E-state index in [-0.39, 0.29) is 5.57 Å². The van der Waals surface area contributed by atoms with Crippen molar-refractivity contribution in [2.45, 2.75) is 13.3 Å². The molecule has 1 amide bonds. The predicted molar refractivity (Wildman–Crippen MR) is 111 cm³/mol. The van der Waals surface area contributed by atoms with Crippen LogP contribution in [-0.2, 0) is 11.2 Å². The Hall–Kier alpha value is -3.43. The van der Waals surface area contributed by atoms with Crippen molar-refractivity contribution in [1.82, 2.24) is 4.98 Å². The molecule has 1 N–H and O–H groups in total. The lowest BCUT2D eigenvalue weighted by Gasteiger charge is -2.03. The van der Waals surface area contributed by atoms with Gasteiger partial charge in [0.15, 0.2) is 5.13 Å². The smallest absolute Gasteiger partial charge is 0.268 e. The topological polar surface area (TPSA) is 75.0 Å². The number of rotatable bonds is 7. The van der Waals surface area contributed by atoms with Gasteiger partial charge in [0.1, 0.15) is 17.4 Å². The van der Waals surface area contributed by atoms with Gasteiger partial charge < -0.3 is 4.74 Å². The highest BCUT2D eigenvalue weighted by atomic mass is 32.1. The zero-order valence-electron chi connectivity index (χ0n) is 15.4. The summed E-state index contributed by atoms with van der Waals surface area (Å²) in [5.41, 5.74) is 1.94. The van der Waals surface area contributed by atoms with Crippen molar-refractivity contribution in [2.24, 2.45) is 0 Å². The number of ether oxygens (including phenoxy) is 1. The van der Waals surface area contributed by atoms with E-state index in [1.54, 1.807) is 36.5 Å². The number of benzene rings is 2. The van der Waals surface area contributed by atoms with E-state index >= 15 is 0 Å². The number of nitriles is 1. The molecule has 0 radical (unpaired) electrons. The third kappa shape index (κ3) is 5.29. The number of aromatic nitrogens is 1. The Morgan fingerprint density at radius 2 is 1.96 bits per heavy atom. The molecule has 0 aliphatic heterocycles. The highest BCUT2D eigenvalue weighted by Crippen LogP contribution is 2.22. The largest absolute Gasteiger partial charge is 0.494 e. The highest BCUT2D eigenvalue weighted by molar-refractivity contribution is 7.15. The van der Waals surface area contributed by atoms with Crippen LogP contribution in [0, 0.1) is 11.3 Å². The first-order valence-corrected chi connectivity index (χ1v) is 9.64. The van der Waals surface area contributed by atoms with Crippen molar-refractivity contribution in [1.29, 1.82) is 5.26 Å². The van der Waals surface area contributed by atoms with Crippen molar-refractivity contribution in [3.05, 3.63) is 82.4 Å². The van der Waals surface area contributed by atoms with Crippen molar-refractivity contribution in [3.63, 3.8) is 0 Å². The second-order valence-corrected chi connectivity index (χ2v) is 7.04. The molecule has 0 saturated heterocycles. The van der Waals surface area contributed by atoms with E-state index in [1.165, 1.54) is 16.9 Å². The summed E-state index contributed by atoms with van der Waals surface area (Å²) in [5, 5.41) is 12.5. The molecule has 0 aliphatic rings. The first-order chi connectivity index (χ1) is 13.7. The molecule has 0 aliphatic carbocycles. The summed E-state index contributed by atoms with van der Waals surface area (Å²) >= 11 is 1.40. The van der Waals surface area contributed by atoms with E-state index in [0.717, 1.165) is 22.6 Å². The molecule has 1 heterocycles. The maximum absolute atomic E-state index is 12.4. The van der Waals surface area contributed by atoms with E-state index < -0.39 is 5.91 Å². The Morgan fingerprint density at radius 1 is 1.21 bits per heavy atom. The maximum Gasteiger partial charge on any atom is 0.268 e. The standard InChI is InChI=1S/C22H19N3O2S/c1-2-27-19-10-8-17(9-11-19)12-18(14-23)21(26)25-22-24-15-20(28-22)13-16-6-4-3-5-7-16/h3-12,15H,2,13H2,1H3,(H,24,25,26). The summed E-state index contributed by atoms with van der Waals surface area (Å²) in [5.74, 6) is 0.272. The Balaban J connectivity index is 1.66. The lowest BCUT2D eigenvalue weighted by Crippen LogP contribution is -2.13. The lowest BCUT2D eigenvalue weighted by molar-refractivity contribution is -0.112. The van der Waals surface area contributed by atoms with E-state index in [4.69, 9.17) is 4.74 Å². The van der Waals surface area contributed by atoms with Crippen molar-refractivity contribution >= 4 is 28.5 Å². The van der Waals surface area contributed by atoms with Gasteiger partial charge in [-0.3, -0.25) is 10.1 Å². The van der Waals surface area contributed by atoms with Gasteiger partial charge in [0.05, 0.1) is 6.61 Å². The van der Waals surface area contributed by atoms with Gasteiger partial charge in [0.2, 0.25) is 0 Å². The molecule has 0 bridgehead atoms. The number of amides is 1. The van der Waals surface area contributed by atoms with Gasteiger partial charge >= 0.3 is 0 Å². The van der Waals surface area contributed by atoms with Crippen LogP contribution in [-0.4, -0.2) is 17.5 Å². The Kier molecular flexibility index (Phi) is 6.55. The van der Waals surface area contributed by atoms with Gasteiger partial charge in [0.25, 0.3) is 5.91 Å². The van der Waals surface area contributed by atoms with Gasteiger partial charge in [-0.2, -0.15) is 5.26 Å². The second-order valence-electron chi connectivity index (χ2n) is 5.92. The fourth-order valence-corrected chi connectivity index (χ4v) is 3.39. The number of anilines is 1. The molecule has 28 heavy (non-hydrogen) atoms. The molecule has 0 spiro atoms. The van der Waals surface area contributed by atoms with Gasteiger partial charge in [-0.25, -0.2) is 4.98 Å². The zero-order chi connectivity index (χ0) is 19.8. The maximum atomic E-state index is 12.4. The van der Waals surface area contributed by atoms with Crippen molar-refractivity contribution in [3.8, 4) is 11.8 Å². The van der Waals surface area contributed by atoms with E-state index in [0.29, 0.717) is 11.7 Å². The van der Waals surface area contributed by atoms with Crippen LogP contribution in [0.15, 0.2) is 66.4 Å². The molecule has 0 unspecified atom stereocenters. The SMILES string of the molecule is CCOc1ccc(C=C(C#N)C(=O)Nc2ncc(Cc3ccccc3)s2)cc1. The van der Waals surface area contributed by atoms with Crippen molar-refractivity contribution < 1.29 is 9.53 Å². The number of carbonyl (C=O) groups excluding carboxylic acids is 1. The van der Waals surface area contributed by atoms with Crippen LogP contribution in [0.4, 0.5) is 5.13 Å². The van der Waals surface area contributed by atoms with Crippen LogP contribution in [0.2, 0.25) is 0 Å². The molecular formula is C22H19N3O2S. The van der Waals surface area contributed by atoms with E-state index in [1.807, 2.05) is 43.3 Å². The number of nitrogens with zero attached hydrogens (tertiary/aromatic N) is 2. The summed E-state index contributed by atoms with van der Waals surface area (Å²) in [6.07, 6.45) is 4.04. The molecule has 2 aromatic carbocycles. The monoisotopic (exact) mass is 389 g/mol. The van der Waals surface area contributed by atoms with E-state index in [9.17, 15) is 10.1 Å². The molecule has 1 aromatic heterocycles. The minimum absolute atomic E-state index is 0.0176. The summed E-state index contributed by atoms with van der Waals surface area (Å²) in [4.78, 5) is 17.7. The summed E-state index contributed by atoms with van der Waals surface area (Å²) in [7, 11) is 0. The van der Waals surface area contributed by atoms with Gasteiger partial charge in [-0.15, -0.1) is 11.3 Å². The van der Waals surface area contributed by atoms with Crippen LogP contribution in [0.25, 0.3) is 6.08 Å². The van der Waals surface area contributed by atoms with Gasteiger partial charge in [-0.05, 0) is 36.3 Å². The van der Waals surface area contributed by atoms with Gasteiger partial charge in [0, 0.05) is 17.5 Å². The number of nitrogens with one attached hydrogen (secondary N) is 1. The number of thiazole rings is 1. The third-order valence-corrected chi connectivity index (χ3v) is 4.78. The van der Waals surface area contributed by atoms with E-state index in [2.05, 4.69) is 10.3 Å². The Bertz CT molecular complexity index is 1000. The predicted octanol–water partition coefficient (Wildman–Crippen LogP) is 4.68. The van der Waals surface area contributed by atoms with Crippen LogP contribution in [0.5, 0.6) is 5.75 Å². The van der Waals surface area contributed by atoms with Gasteiger partial charge in [-0.1, -0.05) is 42.5 Å². The molecule has 140 valence electrons. The molecule has 5 nitrogen and oxygen atoms in total. The first-order valence-electron chi connectivity index (χ1n) is 8.82. The molecule has 6 heteroatoms. The molecular weight excluding hydrogens is 370 g/mol. The fourth-order valence-electron chi connectivity index (χ4n) is 2.55. The van der Waals surface area contributed by atoms with Crippen LogP contribution in [0.3, 0.4) is 0 Å². The number of carbonyl (C=O) groups is 1. The molecule has 0 fully saturated rings. The average molecular weight is 389 g/mol. The second kappa shape index (κ2) is 9.49. The first kappa shape index (κ1) is 19.3. The normalized spacial score (nSPS) is 10.9. The van der Waals surface area contributed by atoms with Crippen molar-refractivity contribution in [2.75, 3.05) is 11.9 Å². The number of hydrogen-bond donors (Lipinski definition) is 1. The summed E-state index contributed by atoms with van der Waals surface area (Å²) in [6.45, 7) is 2.50. The lowest BCUT2D eigenvalue weighted by atomic mass is 10.1.